The number of aliphatic hydroxyl groups is 1. The van der Waals surface area contributed by atoms with Crippen LogP contribution in [0.3, 0.4) is 0 Å². The number of phenols is 1. The Morgan fingerprint density at radius 1 is 1.02 bits per heavy atom. The predicted molar refractivity (Wildman–Crippen MR) is 173 cm³/mol. The number of likely N-dealkylation sites (tertiary alicyclic amines) is 1. The molecule has 240 valence electrons. The van der Waals surface area contributed by atoms with Gasteiger partial charge in [-0.25, -0.2) is 0 Å². The Morgan fingerprint density at radius 3 is 2.38 bits per heavy atom. The number of aromatic hydroxyl groups is 1. The lowest BCUT2D eigenvalue weighted by Gasteiger charge is -2.34. The maximum Gasteiger partial charge on any atom is 0.254 e. The zero-order valence-electron chi connectivity index (χ0n) is 27.0. The number of amides is 3. The molecular formula is C36H45N3O6. The number of benzene rings is 3. The zero-order chi connectivity index (χ0) is 32.9. The Kier molecular flexibility index (Phi) is 10.5. The first-order valence-electron chi connectivity index (χ1n) is 15.5. The lowest BCUT2D eigenvalue weighted by molar-refractivity contribution is -0.148. The molecule has 0 aliphatic carbocycles. The van der Waals surface area contributed by atoms with Crippen molar-refractivity contribution in [2.45, 2.75) is 79.1 Å². The van der Waals surface area contributed by atoms with Gasteiger partial charge in [0.05, 0.1) is 12.6 Å². The third-order valence-corrected chi connectivity index (χ3v) is 8.83. The summed E-state index contributed by atoms with van der Waals surface area (Å²) in [6.07, 6.45) is -0.953. The van der Waals surface area contributed by atoms with Crippen molar-refractivity contribution in [3.8, 4) is 11.5 Å². The molecule has 3 amide bonds. The van der Waals surface area contributed by atoms with Crippen LogP contribution < -0.4 is 15.4 Å². The molecule has 1 heterocycles. The second kappa shape index (κ2) is 14.2. The number of ether oxygens (including phenoxy) is 1. The van der Waals surface area contributed by atoms with Crippen molar-refractivity contribution >= 4 is 17.7 Å². The maximum absolute atomic E-state index is 14.1. The minimum absolute atomic E-state index is 0.0331. The smallest absolute Gasteiger partial charge is 0.254 e. The number of aliphatic hydroxyl groups excluding tert-OH is 1. The summed E-state index contributed by atoms with van der Waals surface area (Å²) in [5, 5.41) is 27.7. The van der Waals surface area contributed by atoms with Gasteiger partial charge in [0.2, 0.25) is 5.91 Å². The van der Waals surface area contributed by atoms with E-state index in [1.54, 1.807) is 19.1 Å². The quantitative estimate of drug-likeness (QED) is 0.254. The van der Waals surface area contributed by atoms with Crippen LogP contribution in [0.1, 0.15) is 65.4 Å². The van der Waals surface area contributed by atoms with E-state index in [1.165, 1.54) is 11.0 Å². The van der Waals surface area contributed by atoms with Gasteiger partial charge in [0.15, 0.2) is 6.10 Å². The molecule has 0 saturated carbocycles. The van der Waals surface area contributed by atoms with E-state index in [9.17, 15) is 24.6 Å². The molecule has 1 saturated heterocycles. The Balaban J connectivity index is 1.60. The number of nitrogens with one attached hydrogen (secondary N) is 2. The third-order valence-electron chi connectivity index (χ3n) is 8.83. The maximum atomic E-state index is 14.1. The lowest BCUT2D eigenvalue weighted by Crippen LogP contribution is -2.57. The summed E-state index contributed by atoms with van der Waals surface area (Å²) in [6, 6.07) is 16.0. The summed E-state index contributed by atoms with van der Waals surface area (Å²) in [4.78, 5) is 42.6. The molecule has 1 aliphatic rings. The lowest BCUT2D eigenvalue weighted by atomic mass is 9.84. The average Bonchev–Trinajstić information content (AvgIpc) is 3.32. The molecule has 4 rings (SSSR count). The fraction of sp³-hybridized carbons (Fsp3) is 0.417. The summed E-state index contributed by atoms with van der Waals surface area (Å²) in [6.45, 7) is 12.5. The number of phenolic OH excluding ortho intramolecular Hbond substituents is 1. The van der Waals surface area contributed by atoms with E-state index < -0.39 is 35.4 Å². The van der Waals surface area contributed by atoms with Crippen LogP contribution in [0.15, 0.2) is 60.7 Å². The summed E-state index contributed by atoms with van der Waals surface area (Å²) in [5.74, 6) is -0.862. The summed E-state index contributed by atoms with van der Waals surface area (Å²) in [7, 11) is 0. The molecule has 0 radical (unpaired) electrons. The first-order valence-corrected chi connectivity index (χ1v) is 15.5. The first kappa shape index (κ1) is 33.5. The number of hydrogen-bond donors (Lipinski definition) is 4. The number of rotatable bonds is 11. The number of carbonyl (C=O) groups is 3. The van der Waals surface area contributed by atoms with Crippen molar-refractivity contribution in [1.82, 2.24) is 15.5 Å². The highest BCUT2D eigenvalue weighted by molar-refractivity contribution is 5.97. The van der Waals surface area contributed by atoms with Crippen LogP contribution in [0.4, 0.5) is 0 Å². The molecule has 1 fully saturated rings. The van der Waals surface area contributed by atoms with Crippen LogP contribution >= 0.6 is 0 Å². The average molecular weight is 616 g/mol. The van der Waals surface area contributed by atoms with Gasteiger partial charge in [-0.05, 0) is 92.5 Å². The van der Waals surface area contributed by atoms with Crippen LogP contribution in [0, 0.1) is 26.2 Å². The highest BCUT2D eigenvalue weighted by atomic mass is 16.5. The molecule has 4 N–H and O–H groups in total. The Bertz CT molecular complexity index is 1530. The molecule has 1 aliphatic heterocycles. The van der Waals surface area contributed by atoms with Crippen molar-refractivity contribution in [3.05, 3.63) is 94.0 Å². The van der Waals surface area contributed by atoms with E-state index in [0.29, 0.717) is 30.9 Å². The number of hydrogen-bond acceptors (Lipinski definition) is 6. The fourth-order valence-electron chi connectivity index (χ4n) is 6.11. The SMILES string of the molecule is CCOc1cccc(C[C@H](NC(=O)c2cccc(O)c2C)[C@H](O)C(=O)N2CCC(C)(C)[C@H]2C(=O)NCc2c(C)cccc2C)c1. The van der Waals surface area contributed by atoms with E-state index in [-0.39, 0.29) is 30.2 Å². The Morgan fingerprint density at radius 2 is 1.69 bits per heavy atom. The van der Waals surface area contributed by atoms with Gasteiger partial charge in [-0.15, -0.1) is 0 Å². The molecule has 0 bridgehead atoms. The summed E-state index contributed by atoms with van der Waals surface area (Å²) >= 11 is 0. The van der Waals surface area contributed by atoms with Crippen LogP contribution in [0.2, 0.25) is 0 Å². The molecule has 0 spiro atoms. The van der Waals surface area contributed by atoms with Gasteiger partial charge in [0.1, 0.15) is 17.5 Å². The van der Waals surface area contributed by atoms with Crippen LogP contribution in [-0.4, -0.2) is 64.2 Å². The first-order chi connectivity index (χ1) is 21.3. The van der Waals surface area contributed by atoms with Gasteiger partial charge in [-0.2, -0.15) is 0 Å². The topological polar surface area (TPSA) is 128 Å². The van der Waals surface area contributed by atoms with Crippen LogP contribution in [0.5, 0.6) is 11.5 Å². The normalized spacial score (nSPS) is 17.0. The van der Waals surface area contributed by atoms with Crippen molar-refractivity contribution in [1.29, 1.82) is 0 Å². The largest absolute Gasteiger partial charge is 0.508 e. The fourth-order valence-corrected chi connectivity index (χ4v) is 6.11. The highest BCUT2D eigenvalue weighted by Gasteiger charge is 2.49. The third kappa shape index (κ3) is 7.65. The van der Waals surface area contributed by atoms with E-state index in [0.717, 1.165) is 22.3 Å². The van der Waals surface area contributed by atoms with Crippen LogP contribution in [-0.2, 0) is 22.6 Å². The van der Waals surface area contributed by atoms with E-state index in [4.69, 9.17) is 4.74 Å². The second-order valence-corrected chi connectivity index (χ2v) is 12.5. The molecule has 45 heavy (non-hydrogen) atoms. The van der Waals surface area contributed by atoms with Crippen molar-refractivity contribution in [2.24, 2.45) is 5.41 Å². The van der Waals surface area contributed by atoms with E-state index in [1.807, 2.05) is 77.1 Å². The number of carbonyl (C=O) groups excluding carboxylic acids is 3. The van der Waals surface area contributed by atoms with Gasteiger partial charge in [0, 0.05) is 24.2 Å². The Labute approximate surface area is 265 Å². The minimum Gasteiger partial charge on any atom is -0.508 e. The molecule has 9 heteroatoms. The molecule has 3 aromatic rings. The molecule has 3 aromatic carbocycles. The molecule has 9 nitrogen and oxygen atoms in total. The van der Waals surface area contributed by atoms with Gasteiger partial charge in [-0.3, -0.25) is 14.4 Å². The molecule has 0 unspecified atom stereocenters. The molecule has 0 aromatic heterocycles. The van der Waals surface area contributed by atoms with Gasteiger partial charge in [0.25, 0.3) is 11.8 Å². The van der Waals surface area contributed by atoms with Crippen LogP contribution in [0.25, 0.3) is 0 Å². The highest BCUT2D eigenvalue weighted by Crippen LogP contribution is 2.37. The zero-order valence-corrected chi connectivity index (χ0v) is 27.0. The van der Waals surface area contributed by atoms with Crippen molar-refractivity contribution in [2.75, 3.05) is 13.2 Å². The number of aryl methyl sites for hydroxylation is 2. The molecule has 3 atom stereocenters. The summed E-state index contributed by atoms with van der Waals surface area (Å²) in [5.41, 5.74) is 3.98. The van der Waals surface area contributed by atoms with E-state index >= 15 is 0 Å². The van der Waals surface area contributed by atoms with Crippen molar-refractivity contribution < 1.29 is 29.3 Å². The minimum atomic E-state index is -1.65. The second-order valence-electron chi connectivity index (χ2n) is 12.5. The number of nitrogens with zero attached hydrogens (tertiary/aromatic N) is 1. The monoisotopic (exact) mass is 615 g/mol. The van der Waals surface area contributed by atoms with Crippen molar-refractivity contribution in [3.63, 3.8) is 0 Å². The van der Waals surface area contributed by atoms with Gasteiger partial charge in [-0.1, -0.05) is 50.2 Å². The summed E-state index contributed by atoms with van der Waals surface area (Å²) < 4.78 is 5.63. The Hall–Kier alpha value is -4.37. The van der Waals surface area contributed by atoms with Gasteiger partial charge < -0.3 is 30.5 Å². The standard InChI is InChI=1S/C36H45N3O6/c1-7-45-26-14-9-13-25(19-26)20-29(38-33(42)27-15-10-16-30(40)24(27)4)31(41)35(44)39-18-17-36(5,6)32(39)34(43)37-21-28-22(2)11-8-12-23(28)3/h8-16,19,29,31-32,40-41H,7,17-18,20-21H2,1-6H3,(H,37,43)(H,38,42)/t29-,31-,32+/m0/s1. The van der Waals surface area contributed by atoms with Gasteiger partial charge >= 0.3 is 0 Å². The van der Waals surface area contributed by atoms with E-state index in [2.05, 4.69) is 10.6 Å². The predicted octanol–water partition coefficient (Wildman–Crippen LogP) is 4.36. The molecular weight excluding hydrogens is 570 g/mol.